The molecule has 8 nitrogen and oxygen atoms in total. The molecule has 0 atom stereocenters. The summed E-state index contributed by atoms with van der Waals surface area (Å²) in [6.45, 7) is 4.56. The third-order valence-corrected chi connectivity index (χ3v) is 5.95. The van der Waals surface area contributed by atoms with Gasteiger partial charge in [-0.3, -0.25) is 4.68 Å². The van der Waals surface area contributed by atoms with Crippen molar-refractivity contribution >= 4 is 12.0 Å². The number of aryl methyl sites for hydroxylation is 1. The first-order valence-corrected chi connectivity index (χ1v) is 13.0. The van der Waals surface area contributed by atoms with E-state index in [-0.39, 0.29) is 6.61 Å². The number of esters is 1. The predicted octanol–water partition coefficient (Wildman–Crippen LogP) is 6.84. The van der Waals surface area contributed by atoms with Gasteiger partial charge in [-0.2, -0.15) is 0 Å². The summed E-state index contributed by atoms with van der Waals surface area (Å²) in [6, 6.07) is 27.1. The number of hydrogen-bond donors (Lipinski definition) is 0. The molecule has 0 bridgehead atoms. The van der Waals surface area contributed by atoms with Crippen LogP contribution in [0.15, 0.2) is 102 Å². The third-order valence-electron chi connectivity index (χ3n) is 5.95. The number of rotatable bonds is 11. The van der Waals surface area contributed by atoms with E-state index in [4.69, 9.17) is 18.6 Å². The number of carbonyl (C=O) groups excluding carboxylic acids is 1. The number of benzene rings is 3. The van der Waals surface area contributed by atoms with Crippen molar-refractivity contribution < 1.29 is 23.4 Å². The van der Waals surface area contributed by atoms with E-state index in [9.17, 15) is 4.79 Å². The van der Waals surface area contributed by atoms with Crippen LogP contribution in [0.1, 0.15) is 29.5 Å². The summed E-state index contributed by atoms with van der Waals surface area (Å²) >= 11 is 0. The van der Waals surface area contributed by atoms with Gasteiger partial charge < -0.3 is 18.6 Å². The van der Waals surface area contributed by atoms with Crippen LogP contribution in [-0.4, -0.2) is 27.3 Å². The van der Waals surface area contributed by atoms with Crippen LogP contribution in [0.3, 0.4) is 0 Å². The molecule has 5 aromatic rings. The summed E-state index contributed by atoms with van der Waals surface area (Å²) in [7, 11) is 0. The topological polar surface area (TPSA) is 88.6 Å². The first-order chi connectivity index (χ1) is 19.6. The van der Waals surface area contributed by atoms with E-state index in [1.165, 1.54) is 6.08 Å². The second-order valence-corrected chi connectivity index (χ2v) is 8.91. The van der Waals surface area contributed by atoms with Gasteiger partial charge in [-0.15, -0.1) is 5.10 Å². The molecule has 0 saturated carbocycles. The van der Waals surface area contributed by atoms with Crippen LogP contribution < -0.4 is 9.47 Å². The van der Waals surface area contributed by atoms with Gasteiger partial charge in [0.2, 0.25) is 11.8 Å². The molecule has 2 heterocycles. The smallest absolute Gasteiger partial charge is 0.330 e. The molecule has 5 rings (SSSR count). The Morgan fingerprint density at radius 1 is 0.950 bits per heavy atom. The first kappa shape index (κ1) is 26.5. The van der Waals surface area contributed by atoms with Crippen LogP contribution in [0.2, 0.25) is 0 Å². The maximum absolute atomic E-state index is 11.9. The number of para-hydroxylation sites is 1. The summed E-state index contributed by atoms with van der Waals surface area (Å²) in [6.07, 6.45) is 4.82. The monoisotopic (exact) mass is 535 g/mol. The highest BCUT2D eigenvalue weighted by Crippen LogP contribution is 2.25. The van der Waals surface area contributed by atoms with Crippen LogP contribution >= 0.6 is 0 Å². The molecular formula is C32H29N3O5. The predicted molar refractivity (Wildman–Crippen MR) is 151 cm³/mol. The van der Waals surface area contributed by atoms with Crippen molar-refractivity contribution in [2.45, 2.75) is 27.0 Å². The Bertz CT molecular complexity index is 1570. The molecule has 0 amide bonds. The van der Waals surface area contributed by atoms with E-state index in [0.29, 0.717) is 41.9 Å². The summed E-state index contributed by atoms with van der Waals surface area (Å²) in [4.78, 5) is 16.5. The molecule has 0 fully saturated rings. The Morgan fingerprint density at radius 2 is 1.65 bits per heavy atom. The molecule has 40 heavy (non-hydrogen) atoms. The molecule has 0 unspecified atom stereocenters. The van der Waals surface area contributed by atoms with Crippen LogP contribution in [0.4, 0.5) is 0 Å². The Hall–Kier alpha value is -5.11. The number of aromatic nitrogens is 3. The van der Waals surface area contributed by atoms with Crippen molar-refractivity contribution in [2.24, 2.45) is 0 Å². The molecule has 0 aliphatic heterocycles. The van der Waals surface area contributed by atoms with Gasteiger partial charge in [0.15, 0.2) is 0 Å². The molecular weight excluding hydrogens is 506 g/mol. The van der Waals surface area contributed by atoms with Gasteiger partial charge in [0.05, 0.1) is 18.7 Å². The Morgan fingerprint density at radius 3 is 2.38 bits per heavy atom. The minimum absolute atomic E-state index is 0.158. The molecule has 0 spiro atoms. The van der Waals surface area contributed by atoms with E-state index in [2.05, 4.69) is 10.1 Å². The standard InChI is InChI=1S/C32H29N3O5/c1-3-37-30(36)19-16-26-21-35(20-24-14-17-28(18-15-24)40-27-12-8-5-9-13-27)34-32(26)38-22-29-23(2)39-31(33-29)25-10-6-4-7-11-25/h4-19,21H,3,20,22H2,1-2H3. The molecule has 202 valence electrons. The summed E-state index contributed by atoms with van der Waals surface area (Å²) < 4.78 is 24.6. The van der Waals surface area contributed by atoms with Crippen LogP contribution in [-0.2, 0) is 22.7 Å². The van der Waals surface area contributed by atoms with E-state index >= 15 is 0 Å². The van der Waals surface area contributed by atoms with Crippen molar-refractivity contribution in [2.75, 3.05) is 6.61 Å². The van der Waals surface area contributed by atoms with Gasteiger partial charge in [0, 0.05) is 17.8 Å². The molecule has 0 N–H and O–H groups in total. The highest BCUT2D eigenvalue weighted by atomic mass is 16.5. The fourth-order valence-corrected chi connectivity index (χ4v) is 3.95. The van der Waals surface area contributed by atoms with Crippen molar-refractivity contribution in [3.8, 4) is 28.8 Å². The van der Waals surface area contributed by atoms with E-state index < -0.39 is 5.97 Å². The minimum atomic E-state index is -0.435. The summed E-state index contributed by atoms with van der Waals surface area (Å²) in [5.74, 6) is 2.66. The fraction of sp³-hybridized carbons (Fsp3) is 0.156. The number of nitrogens with zero attached hydrogens (tertiary/aromatic N) is 3. The zero-order chi connectivity index (χ0) is 27.7. The lowest BCUT2D eigenvalue weighted by atomic mass is 10.2. The third kappa shape index (κ3) is 6.85. The zero-order valence-corrected chi connectivity index (χ0v) is 22.3. The highest BCUT2D eigenvalue weighted by molar-refractivity contribution is 5.87. The highest BCUT2D eigenvalue weighted by Gasteiger charge is 2.15. The van der Waals surface area contributed by atoms with Crippen molar-refractivity contribution in [1.29, 1.82) is 0 Å². The number of carbonyl (C=O) groups is 1. The molecule has 3 aromatic carbocycles. The molecule has 0 radical (unpaired) electrons. The van der Waals surface area contributed by atoms with Crippen LogP contribution in [0.25, 0.3) is 17.5 Å². The Labute approximate surface area is 232 Å². The number of ether oxygens (including phenoxy) is 3. The van der Waals surface area contributed by atoms with E-state index in [1.807, 2.05) is 98.0 Å². The van der Waals surface area contributed by atoms with Gasteiger partial charge in [-0.05, 0) is 61.9 Å². The first-order valence-electron chi connectivity index (χ1n) is 13.0. The normalized spacial score (nSPS) is 11.1. The van der Waals surface area contributed by atoms with Crippen molar-refractivity contribution in [1.82, 2.24) is 14.8 Å². The van der Waals surface area contributed by atoms with Gasteiger partial charge in [-0.1, -0.05) is 48.5 Å². The van der Waals surface area contributed by atoms with Crippen LogP contribution in [0, 0.1) is 6.92 Å². The van der Waals surface area contributed by atoms with Gasteiger partial charge in [0.1, 0.15) is 29.6 Å². The lowest BCUT2D eigenvalue weighted by Gasteiger charge is -2.07. The molecule has 0 aliphatic rings. The molecule has 0 saturated heterocycles. The maximum atomic E-state index is 11.9. The van der Waals surface area contributed by atoms with Crippen molar-refractivity contribution in [3.05, 3.63) is 120 Å². The second-order valence-electron chi connectivity index (χ2n) is 8.91. The zero-order valence-electron chi connectivity index (χ0n) is 22.3. The SMILES string of the molecule is CCOC(=O)C=Cc1cn(Cc2ccc(Oc3ccccc3)cc2)nc1OCc1nc(-c2ccccc2)oc1C. The van der Waals surface area contributed by atoms with E-state index in [0.717, 1.165) is 22.6 Å². The number of oxazole rings is 1. The lowest BCUT2D eigenvalue weighted by Crippen LogP contribution is -2.02. The average Bonchev–Trinajstić information content (AvgIpc) is 3.55. The lowest BCUT2D eigenvalue weighted by molar-refractivity contribution is -0.137. The maximum Gasteiger partial charge on any atom is 0.330 e. The van der Waals surface area contributed by atoms with Crippen LogP contribution in [0.5, 0.6) is 17.4 Å². The average molecular weight is 536 g/mol. The fourth-order valence-electron chi connectivity index (χ4n) is 3.95. The summed E-state index contributed by atoms with van der Waals surface area (Å²) in [5, 5.41) is 4.63. The van der Waals surface area contributed by atoms with Gasteiger partial charge in [-0.25, -0.2) is 9.78 Å². The Balaban J connectivity index is 1.31. The largest absolute Gasteiger partial charge is 0.470 e. The number of hydrogen-bond acceptors (Lipinski definition) is 7. The van der Waals surface area contributed by atoms with E-state index in [1.54, 1.807) is 17.7 Å². The second kappa shape index (κ2) is 12.6. The Kier molecular flexibility index (Phi) is 8.36. The molecule has 0 aliphatic carbocycles. The summed E-state index contributed by atoms with van der Waals surface area (Å²) in [5.41, 5.74) is 3.22. The van der Waals surface area contributed by atoms with Gasteiger partial charge in [0.25, 0.3) is 0 Å². The molecule has 2 aromatic heterocycles. The quantitative estimate of drug-likeness (QED) is 0.135. The van der Waals surface area contributed by atoms with Gasteiger partial charge >= 0.3 is 5.97 Å². The molecule has 8 heteroatoms. The minimum Gasteiger partial charge on any atom is -0.470 e. The van der Waals surface area contributed by atoms with Crippen molar-refractivity contribution in [3.63, 3.8) is 0 Å².